The normalized spacial score (nSPS) is 11.2. The Hall–Kier alpha value is -3.89. The minimum atomic E-state index is -3.81. The van der Waals surface area contributed by atoms with Crippen molar-refractivity contribution in [2.45, 2.75) is 11.8 Å². The van der Waals surface area contributed by atoms with E-state index < -0.39 is 16.0 Å². The van der Waals surface area contributed by atoms with Gasteiger partial charge in [0.25, 0.3) is 15.9 Å². The third-order valence-corrected chi connectivity index (χ3v) is 8.56. The van der Waals surface area contributed by atoms with E-state index in [1.54, 1.807) is 67.6 Å². The maximum absolute atomic E-state index is 13.3. The van der Waals surface area contributed by atoms with Crippen LogP contribution in [0.15, 0.2) is 77.7 Å². The molecule has 4 rings (SSSR count). The van der Waals surface area contributed by atoms with Crippen LogP contribution in [0.3, 0.4) is 0 Å². The fourth-order valence-corrected chi connectivity index (χ4v) is 6.13. The lowest BCUT2D eigenvalue weighted by molar-refractivity contribution is 0.0602. The molecule has 0 atom stereocenters. The number of methoxy groups -OCH3 is 2. The molecule has 4 aromatic rings. The molecule has 186 valence electrons. The number of ether oxygens (including phenoxy) is 2. The van der Waals surface area contributed by atoms with Crippen molar-refractivity contribution in [3.05, 3.63) is 83.2 Å². The first-order valence-electron chi connectivity index (χ1n) is 11.0. The largest absolute Gasteiger partial charge is 0.497 e. The number of rotatable bonds is 8. The van der Waals surface area contributed by atoms with Crippen LogP contribution in [0.25, 0.3) is 10.1 Å². The molecule has 0 bridgehead atoms. The lowest BCUT2D eigenvalue weighted by atomic mass is 10.1. The van der Waals surface area contributed by atoms with E-state index in [2.05, 4.69) is 5.32 Å². The van der Waals surface area contributed by atoms with Gasteiger partial charge >= 0.3 is 5.97 Å². The van der Waals surface area contributed by atoms with Crippen molar-refractivity contribution >= 4 is 54.7 Å². The quantitative estimate of drug-likeness (QED) is 0.319. The van der Waals surface area contributed by atoms with E-state index in [4.69, 9.17) is 9.47 Å². The number of hydrogen-bond donors (Lipinski definition) is 1. The molecule has 0 aliphatic rings. The number of fused-ring (bicyclic) bond motifs is 1. The average Bonchev–Trinajstić information content (AvgIpc) is 3.33. The zero-order valence-electron chi connectivity index (χ0n) is 19.8. The van der Waals surface area contributed by atoms with Gasteiger partial charge in [0, 0.05) is 11.2 Å². The van der Waals surface area contributed by atoms with E-state index in [1.165, 1.54) is 42.0 Å². The second-order valence-corrected chi connectivity index (χ2v) is 10.6. The number of anilines is 2. The van der Waals surface area contributed by atoms with Crippen LogP contribution < -0.4 is 14.4 Å². The van der Waals surface area contributed by atoms with E-state index in [0.29, 0.717) is 22.0 Å². The van der Waals surface area contributed by atoms with E-state index in [9.17, 15) is 18.0 Å². The Morgan fingerprint density at radius 1 is 0.972 bits per heavy atom. The molecule has 1 N–H and O–H groups in total. The Labute approximate surface area is 213 Å². The zero-order valence-corrected chi connectivity index (χ0v) is 21.5. The highest BCUT2D eigenvalue weighted by molar-refractivity contribution is 7.92. The lowest BCUT2D eigenvalue weighted by Crippen LogP contribution is -2.30. The molecule has 36 heavy (non-hydrogen) atoms. The van der Waals surface area contributed by atoms with Crippen molar-refractivity contribution in [3.8, 4) is 5.75 Å². The van der Waals surface area contributed by atoms with Gasteiger partial charge in [-0.25, -0.2) is 13.2 Å². The summed E-state index contributed by atoms with van der Waals surface area (Å²) in [5.74, 6) is -0.367. The number of nitrogens with zero attached hydrogens (tertiary/aromatic N) is 1. The molecular formula is C26H24N2O6S2. The molecule has 8 nitrogen and oxygen atoms in total. The molecule has 0 aliphatic heterocycles. The van der Waals surface area contributed by atoms with Crippen LogP contribution in [0.4, 0.5) is 11.4 Å². The summed E-state index contributed by atoms with van der Waals surface area (Å²) in [5, 5.41) is 3.49. The minimum absolute atomic E-state index is 0.153. The smallest absolute Gasteiger partial charge is 0.339 e. The molecule has 0 radical (unpaired) electrons. The van der Waals surface area contributed by atoms with Gasteiger partial charge < -0.3 is 14.8 Å². The summed E-state index contributed by atoms with van der Waals surface area (Å²) >= 11 is 1.27. The summed E-state index contributed by atoms with van der Waals surface area (Å²) in [6, 6.07) is 19.8. The first-order chi connectivity index (χ1) is 17.3. The van der Waals surface area contributed by atoms with Gasteiger partial charge in [0.05, 0.1) is 40.9 Å². The second-order valence-electron chi connectivity index (χ2n) is 7.67. The Bertz CT molecular complexity index is 1530. The summed E-state index contributed by atoms with van der Waals surface area (Å²) in [4.78, 5) is 25.5. The Morgan fingerprint density at radius 3 is 2.36 bits per heavy atom. The van der Waals surface area contributed by atoms with Crippen molar-refractivity contribution in [2.24, 2.45) is 0 Å². The summed E-state index contributed by atoms with van der Waals surface area (Å²) in [7, 11) is -1.01. The Morgan fingerprint density at radius 2 is 1.69 bits per heavy atom. The number of carbonyl (C=O) groups is 2. The number of amides is 1. The molecule has 3 aromatic carbocycles. The van der Waals surface area contributed by atoms with Crippen molar-refractivity contribution in [1.29, 1.82) is 0 Å². The van der Waals surface area contributed by atoms with E-state index >= 15 is 0 Å². The van der Waals surface area contributed by atoms with Gasteiger partial charge in [-0.3, -0.25) is 9.10 Å². The number of para-hydroxylation sites is 1. The van der Waals surface area contributed by atoms with Crippen LogP contribution in [-0.4, -0.2) is 41.1 Å². The number of hydrogen-bond acceptors (Lipinski definition) is 7. The van der Waals surface area contributed by atoms with Gasteiger partial charge in [0.2, 0.25) is 0 Å². The molecular weight excluding hydrogens is 500 g/mol. The first-order valence-corrected chi connectivity index (χ1v) is 13.2. The Kier molecular flexibility index (Phi) is 7.27. The number of benzene rings is 3. The highest BCUT2D eigenvalue weighted by atomic mass is 32.2. The fraction of sp³-hybridized carbons (Fsp3) is 0.154. The lowest BCUT2D eigenvalue weighted by Gasteiger charge is -2.23. The molecule has 1 heterocycles. The van der Waals surface area contributed by atoms with Crippen LogP contribution in [0, 0.1) is 0 Å². The highest BCUT2D eigenvalue weighted by Crippen LogP contribution is 2.32. The molecule has 0 saturated carbocycles. The zero-order chi connectivity index (χ0) is 25.9. The first kappa shape index (κ1) is 25.2. The van der Waals surface area contributed by atoms with Crippen molar-refractivity contribution in [3.63, 3.8) is 0 Å². The van der Waals surface area contributed by atoms with Gasteiger partial charge in [-0.1, -0.05) is 12.1 Å². The molecule has 1 aromatic heterocycles. The van der Waals surface area contributed by atoms with Crippen LogP contribution in [-0.2, 0) is 14.8 Å². The molecule has 1 amide bonds. The van der Waals surface area contributed by atoms with Gasteiger partial charge in [0.1, 0.15) is 5.75 Å². The SMILES string of the molecule is CCN(c1ccc2sc(C(=O)Nc3ccccc3C(=O)OC)cc2c1)S(=O)(=O)c1ccc(OC)cc1. The van der Waals surface area contributed by atoms with Crippen molar-refractivity contribution in [1.82, 2.24) is 0 Å². The van der Waals surface area contributed by atoms with E-state index in [1.807, 2.05) is 0 Å². The summed E-state index contributed by atoms with van der Waals surface area (Å²) in [5.41, 5.74) is 1.08. The number of sulfonamides is 1. The van der Waals surface area contributed by atoms with E-state index in [0.717, 1.165) is 10.1 Å². The molecule has 0 unspecified atom stereocenters. The Balaban J connectivity index is 1.63. The highest BCUT2D eigenvalue weighted by Gasteiger charge is 2.24. The average molecular weight is 525 g/mol. The van der Waals surface area contributed by atoms with Crippen LogP contribution in [0.1, 0.15) is 27.0 Å². The topological polar surface area (TPSA) is 102 Å². The summed E-state index contributed by atoms with van der Waals surface area (Å²) in [6.07, 6.45) is 0. The standard InChI is InChI=1S/C26H24N2O6S2/c1-4-28(36(31,32)20-12-10-19(33-2)11-13-20)18-9-14-23-17(15-18)16-24(35-23)25(29)27-22-8-6-5-7-21(22)26(30)34-3/h5-16H,4H2,1-3H3,(H,27,29). The van der Waals surface area contributed by atoms with Crippen LogP contribution in [0.2, 0.25) is 0 Å². The number of esters is 1. The molecule has 10 heteroatoms. The summed E-state index contributed by atoms with van der Waals surface area (Å²) in [6.45, 7) is 1.98. The minimum Gasteiger partial charge on any atom is -0.497 e. The fourth-order valence-electron chi connectivity index (χ4n) is 3.73. The molecule has 0 fully saturated rings. The van der Waals surface area contributed by atoms with Gasteiger partial charge in [-0.15, -0.1) is 11.3 Å². The van der Waals surface area contributed by atoms with Gasteiger partial charge in [-0.05, 0) is 73.0 Å². The van der Waals surface area contributed by atoms with E-state index in [-0.39, 0.29) is 22.9 Å². The maximum Gasteiger partial charge on any atom is 0.339 e. The number of thiophene rings is 1. The van der Waals surface area contributed by atoms with Crippen molar-refractivity contribution < 1.29 is 27.5 Å². The predicted molar refractivity (Wildman–Crippen MR) is 141 cm³/mol. The number of carbonyl (C=O) groups excluding carboxylic acids is 2. The predicted octanol–water partition coefficient (Wildman–Crippen LogP) is 5.16. The monoisotopic (exact) mass is 524 g/mol. The van der Waals surface area contributed by atoms with Gasteiger partial charge in [-0.2, -0.15) is 0 Å². The van der Waals surface area contributed by atoms with Gasteiger partial charge in [0.15, 0.2) is 0 Å². The maximum atomic E-state index is 13.3. The third-order valence-electron chi connectivity index (χ3n) is 5.53. The van der Waals surface area contributed by atoms with Crippen LogP contribution >= 0.6 is 11.3 Å². The summed E-state index contributed by atoms with van der Waals surface area (Å²) < 4.78 is 38.7. The third kappa shape index (κ3) is 4.91. The molecule has 0 spiro atoms. The number of nitrogens with one attached hydrogen (secondary N) is 1. The van der Waals surface area contributed by atoms with Crippen molar-refractivity contribution in [2.75, 3.05) is 30.4 Å². The second kappa shape index (κ2) is 10.4. The molecule has 0 aliphatic carbocycles. The molecule has 0 saturated heterocycles. The van der Waals surface area contributed by atoms with Crippen LogP contribution in [0.5, 0.6) is 5.75 Å².